The van der Waals surface area contributed by atoms with Crippen LogP contribution in [0.3, 0.4) is 0 Å². The second-order valence-electron chi connectivity index (χ2n) is 6.12. The highest BCUT2D eigenvalue weighted by Gasteiger charge is 2.44. The van der Waals surface area contributed by atoms with E-state index in [9.17, 15) is 4.79 Å². The monoisotopic (exact) mass is 338 g/mol. The third-order valence-electron chi connectivity index (χ3n) is 4.31. The maximum absolute atomic E-state index is 12.3. The Balaban J connectivity index is 1.36. The number of nitrogens with one attached hydrogen (secondary N) is 1. The first-order valence-electron chi connectivity index (χ1n) is 7.99. The van der Waals surface area contributed by atoms with Crippen LogP contribution in [0.2, 0.25) is 0 Å². The number of amides is 1. The Bertz CT molecular complexity index is 856. The fourth-order valence-corrected chi connectivity index (χ4v) is 3.98. The molecule has 1 N–H and O–H groups in total. The van der Waals surface area contributed by atoms with E-state index in [-0.39, 0.29) is 11.8 Å². The molecule has 2 heterocycles. The summed E-state index contributed by atoms with van der Waals surface area (Å²) in [6.45, 7) is 2.64. The summed E-state index contributed by atoms with van der Waals surface area (Å²) in [5, 5.41) is 7.19. The first-order valence-corrected chi connectivity index (χ1v) is 8.80. The molecule has 5 nitrogen and oxygen atoms in total. The molecule has 1 fully saturated rings. The Morgan fingerprint density at radius 1 is 1.38 bits per heavy atom. The van der Waals surface area contributed by atoms with Crippen LogP contribution >= 0.6 is 11.3 Å². The van der Waals surface area contributed by atoms with Crippen molar-refractivity contribution in [3.8, 4) is 5.69 Å². The van der Waals surface area contributed by atoms with Crippen LogP contribution in [0.4, 0.5) is 0 Å². The predicted molar refractivity (Wildman–Crippen MR) is 93.1 cm³/mol. The van der Waals surface area contributed by atoms with Gasteiger partial charge in [-0.25, -0.2) is 9.67 Å². The highest BCUT2D eigenvalue weighted by atomic mass is 32.1. The molecule has 1 aliphatic rings. The summed E-state index contributed by atoms with van der Waals surface area (Å²) in [5.74, 6) is 0.684. The number of nitrogens with zero attached hydrogens (tertiary/aromatic N) is 3. The Hall–Kier alpha value is -2.47. The van der Waals surface area contributed by atoms with Crippen LogP contribution in [-0.2, 0) is 11.3 Å². The minimum Gasteiger partial charge on any atom is -0.352 e. The summed E-state index contributed by atoms with van der Waals surface area (Å²) < 4.78 is 1.71. The van der Waals surface area contributed by atoms with E-state index in [1.54, 1.807) is 22.3 Å². The average molecular weight is 338 g/mol. The van der Waals surface area contributed by atoms with Crippen LogP contribution < -0.4 is 5.32 Å². The molecule has 1 aromatic carbocycles. The number of thiophene rings is 1. The number of rotatable bonds is 5. The van der Waals surface area contributed by atoms with Crippen LogP contribution in [0.1, 0.15) is 27.7 Å². The van der Waals surface area contributed by atoms with E-state index in [2.05, 4.69) is 34.5 Å². The van der Waals surface area contributed by atoms with Gasteiger partial charge in [0.05, 0.1) is 5.69 Å². The van der Waals surface area contributed by atoms with Crippen LogP contribution in [0.25, 0.3) is 5.69 Å². The van der Waals surface area contributed by atoms with E-state index in [4.69, 9.17) is 0 Å². The lowest BCUT2D eigenvalue weighted by molar-refractivity contribution is -0.122. The molecule has 1 saturated carbocycles. The fourth-order valence-electron chi connectivity index (χ4n) is 2.92. The van der Waals surface area contributed by atoms with Gasteiger partial charge in [-0.1, -0.05) is 12.1 Å². The number of hydrogen-bond donors (Lipinski definition) is 1. The molecule has 3 aromatic rings. The van der Waals surface area contributed by atoms with Gasteiger partial charge in [0.1, 0.15) is 12.7 Å². The van der Waals surface area contributed by atoms with Crippen molar-refractivity contribution in [1.82, 2.24) is 20.1 Å². The number of aryl methyl sites for hydroxylation is 1. The van der Waals surface area contributed by atoms with Crippen LogP contribution in [-0.4, -0.2) is 20.7 Å². The van der Waals surface area contributed by atoms with Crippen molar-refractivity contribution in [3.63, 3.8) is 0 Å². The second-order valence-corrected chi connectivity index (χ2v) is 7.44. The van der Waals surface area contributed by atoms with Gasteiger partial charge < -0.3 is 5.32 Å². The van der Waals surface area contributed by atoms with Crippen molar-refractivity contribution >= 4 is 17.2 Å². The van der Waals surface area contributed by atoms with Crippen LogP contribution in [0, 0.1) is 12.8 Å². The average Bonchev–Trinajstić information content (AvgIpc) is 3.00. The van der Waals surface area contributed by atoms with E-state index in [1.807, 2.05) is 24.3 Å². The van der Waals surface area contributed by atoms with Crippen molar-refractivity contribution in [2.75, 3.05) is 0 Å². The largest absolute Gasteiger partial charge is 0.352 e. The van der Waals surface area contributed by atoms with Gasteiger partial charge >= 0.3 is 0 Å². The molecular weight excluding hydrogens is 320 g/mol. The quantitative estimate of drug-likeness (QED) is 0.778. The molecule has 0 aliphatic heterocycles. The van der Waals surface area contributed by atoms with Crippen molar-refractivity contribution in [3.05, 3.63) is 64.4 Å². The van der Waals surface area contributed by atoms with E-state index in [0.717, 1.165) is 17.7 Å². The van der Waals surface area contributed by atoms with Crippen molar-refractivity contribution in [2.24, 2.45) is 5.92 Å². The third-order valence-corrected chi connectivity index (χ3v) is 5.45. The Kier molecular flexibility index (Phi) is 3.90. The van der Waals surface area contributed by atoms with Crippen LogP contribution in [0.15, 0.2) is 49.1 Å². The van der Waals surface area contributed by atoms with Gasteiger partial charge in [-0.15, -0.1) is 11.3 Å². The molecule has 1 aliphatic carbocycles. The zero-order chi connectivity index (χ0) is 16.5. The highest BCUT2D eigenvalue weighted by molar-refractivity contribution is 7.12. The first-order chi connectivity index (χ1) is 11.7. The first kappa shape index (κ1) is 15.1. The molecule has 4 rings (SSSR count). The predicted octanol–water partition coefficient (Wildman–Crippen LogP) is 3.06. The number of hydrogen-bond acceptors (Lipinski definition) is 4. The second kappa shape index (κ2) is 6.20. The summed E-state index contributed by atoms with van der Waals surface area (Å²) in [6, 6.07) is 12.2. The zero-order valence-corrected chi connectivity index (χ0v) is 14.2. The molecule has 24 heavy (non-hydrogen) atoms. The lowest BCUT2D eigenvalue weighted by Gasteiger charge is -2.07. The van der Waals surface area contributed by atoms with Gasteiger partial charge in [-0.05, 0) is 43.2 Å². The van der Waals surface area contributed by atoms with Gasteiger partial charge in [-0.3, -0.25) is 4.79 Å². The van der Waals surface area contributed by atoms with E-state index in [0.29, 0.717) is 12.5 Å². The van der Waals surface area contributed by atoms with Gasteiger partial charge in [0.2, 0.25) is 5.91 Å². The highest BCUT2D eigenvalue weighted by Crippen LogP contribution is 2.49. The van der Waals surface area contributed by atoms with Crippen molar-refractivity contribution < 1.29 is 4.79 Å². The summed E-state index contributed by atoms with van der Waals surface area (Å²) in [6.07, 6.45) is 4.13. The van der Waals surface area contributed by atoms with E-state index < -0.39 is 0 Å². The molecular formula is C18H18N4OS. The lowest BCUT2D eigenvalue weighted by atomic mass is 10.2. The molecule has 2 aromatic heterocycles. The van der Waals surface area contributed by atoms with Crippen molar-refractivity contribution in [2.45, 2.75) is 25.8 Å². The van der Waals surface area contributed by atoms with Gasteiger partial charge in [0.25, 0.3) is 0 Å². The molecule has 0 bridgehead atoms. The summed E-state index contributed by atoms with van der Waals surface area (Å²) in [4.78, 5) is 18.9. The molecule has 2 unspecified atom stereocenters. The number of carbonyl (C=O) groups is 1. The smallest absolute Gasteiger partial charge is 0.224 e. The molecule has 0 spiro atoms. The van der Waals surface area contributed by atoms with Gasteiger partial charge in [-0.2, -0.15) is 5.10 Å². The number of benzene rings is 1. The summed E-state index contributed by atoms with van der Waals surface area (Å²) >= 11 is 1.80. The van der Waals surface area contributed by atoms with E-state index >= 15 is 0 Å². The topological polar surface area (TPSA) is 59.8 Å². The molecule has 0 radical (unpaired) electrons. The van der Waals surface area contributed by atoms with Crippen LogP contribution in [0.5, 0.6) is 0 Å². The standard InChI is InChI=1S/C18H18N4OS/c1-12-5-6-17(24-12)15-8-16(15)18(23)20-9-13-3-2-4-14(7-13)22-11-19-10-21-22/h2-7,10-11,15-16H,8-9H2,1H3,(H,20,23). The number of carbonyl (C=O) groups excluding carboxylic acids is 1. The fraction of sp³-hybridized carbons (Fsp3) is 0.278. The zero-order valence-electron chi connectivity index (χ0n) is 13.3. The summed E-state index contributed by atoms with van der Waals surface area (Å²) in [7, 11) is 0. The van der Waals surface area contributed by atoms with Crippen molar-refractivity contribution in [1.29, 1.82) is 0 Å². The minimum absolute atomic E-state index is 0.126. The normalized spacial score (nSPS) is 19.2. The molecule has 6 heteroatoms. The molecule has 2 atom stereocenters. The molecule has 122 valence electrons. The number of aromatic nitrogens is 3. The summed E-state index contributed by atoms with van der Waals surface area (Å²) in [5.41, 5.74) is 2.00. The maximum atomic E-state index is 12.3. The van der Waals surface area contributed by atoms with Gasteiger partial charge in [0, 0.05) is 28.1 Å². The Morgan fingerprint density at radius 2 is 2.29 bits per heavy atom. The maximum Gasteiger partial charge on any atom is 0.224 e. The van der Waals surface area contributed by atoms with Gasteiger partial charge in [0.15, 0.2) is 0 Å². The Labute approximate surface area is 144 Å². The minimum atomic E-state index is 0.126. The molecule has 1 amide bonds. The SMILES string of the molecule is Cc1ccc(C2CC2C(=O)NCc2cccc(-n3cncn3)c2)s1. The third kappa shape index (κ3) is 3.10. The van der Waals surface area contributed by atoms with E-state index in [1.165, 1.54) is 16.1 Å². The Morgan fingerprint density at radius 3 is 3.04 bits per heavy atom. The molecule has 0 saturated heterocycles. The lowest BCUT2D eigenvalue weighted by Crippen LogP contribution is -2.24.